The lowest BCUT2D eigenvalue weighted by Gasteiger charge is -2.26. The summed E-state index contributed by atoms with van der Waals surface area (Å²) in [6.07, 6.45) is 0. The summed E-state index contributed by atoms with van der Waals surface area (Å²) in [5.41, 5.74) is 1.49. The Morgan fingerprint density at radius 1 is 1.35 bits per heavy atom. The van der Waals surface area contributed by atoms with Gasteiger partial charge in [-0.3, -0.25) is 14.8 Å². The van der Waals surface area contributed by atoms with E-state index >= 15 is 0 Å². The van der Waals surface area contributed by atoms with Crippen molar-refractivity contribution in [1.82, 2.24) is 15.7 Å². The van der Waals surface area contributed by atoms with Crippen molar-refractivity contribution in [3.8, 4) is 5.75 Å². The minimum atomic E-state index is -1.09. The highest BCUT2D eigenvalue weighted by atomic mass is 16.5. The van der Waals surface area contributed by atoms with E-state index in [9.17, 15) is 14.4 Å². The number of rotatable bonds is 6. The molecular weight excluding hydrogens is 302 g/mol. The van der Waals surface area contributed by atoms with Gasteiger partial charge in [-0.05, 0) is 18.1 Å². The Kier molecular flexibility index (Phi) is 5.17. The molecule has 124 valence electrons. The van der Waals surface area contributed by atoms with Crippen molar-refractivity contribution < 1.29 is 24.3 Å². The van der Waals surface area contributed by atoms with Gasteiger partial charge in [-0.25, -0.2) is 15.2 Å². The fraction of sp³-hybridized carbons (Fsp3) is 0.400. The van der Waals surface area contributed by atoms with Crippen LogP contribution in [0, 0.1) is 5.92 Å². The number of para-hydroxylation sites is 1. The monoisotopic (exact) mass is 321 g/mol. The molecule has 1 aliphatic heterocycles. The first-order chi connectivity index (χ1) is 11.0. The summed E-state index contributed by atoms with van der Waals surface area (Å²) in [5, 5.41) is 11.3. The largest absolute Gasteiger partial charge is 0.491 e. The molecule has 8 nitrogen and oxygen atoms in total. The van der Waals surface area contributed by atoms with Crippen LogP contribution in [0.25, 0.3) is 0 Å². The van der Waals surface area contributed by atoms with Gasteiger partial charge in [0.15, 0.2) is 0 Å². The van der Waals surface area contributed by atoms with E-state index in [0.29, 0.717) is 5.75 Å². The number of benzene rings is 1. The van der Waals surface area contributed by atoms with Crippen molar-refractivity contribution in [1.29, 1.82) is 0 Å². The number of hydrogen-bond donors (Lipinski definition) is 3. The van der Waals surface area contributed by atoms with Crippen LogP contribution in [0.5, 0.6) is 5.75 Å². The topological polar surface area (TPSA) is 108 Å². The lowest BCUT2D eigenvalue weighted by Crippen LogP contribution is -2.52. The zero-order valence-electron chi connectivity index (χ0n) is 12.9. The van der Waals surface area contributed by atoms with E-state index in [-0.39, 0.29) is 12.5 Å². The minimum absolute atomic E-state index is 0.0450. The van der Waals surface area contributed by atoms with Gasteiger partial charge in [0.1, 0.15) is 24.4 Å². The SMILES string of the molecule is CC(C)C(C(=O)NO)N1C(=O)NC(COc2ccccc2)C1=O. The third-order valence-corrected chi connectivity index (χ3v) is 3.50. The lowest BCUT2D eigenvalue weighted by molar-refractivity contribution is -0.142. The number of hydroxylamine groups is 1. The van der Waals surface area contributed by atoms with Gasteiger partial charge in [-0.15, -0.1) is 0 Å². The molecule has 23 heavy (non-hydrogen) atoms. The average molecular weight is 321 g/mol. The van der Waals surface area contributed by atoms with Crippen LogP contribution in [0.3, 0.4) is 0 Å². The zero-order valence-corrected chi connectivity index (χ0v) is 12.9. The molecule has 2 rings (SSSR count). The molecule has 1 fully saturated rings. The molecule has 0 radical (unpaired) electrons. The molecule has 0 saturated carbocycles. The Morgan fingerprint density at radius 2 is 2.00 bits per heavy atom. The second kappa shape index (κ2) is 7.10. The molecule has 1 aromatic carbocycles. The second-order valence-electron chi connectivity index (χ2n) is 5.50. The fourth-order valence-corrected chi connectivity index (χ4v) is 2.41. The van der Waals surface area contributed by atoms with Crippen LogP contribution in [-0.2, 0) is 9.59 Å². The first kappa shape index (κ1) is 16.8. The summed E-state index contributed by atoms with van der Waals surface area (Å²) >= 11 is 0. The number of ether oxygens (including phenoxy) is 1. The van der Waals surface area contributed by atoms with Gasteiger partial charge in [-0.2, -0.15) is 0 Å². The molecule has 4 amide bonds. The second-order valence-corrected chi connectivity index (χ2v) is 5.50. The summed E-state index contributed by atoms with van der Waals surface area (Å²) in [4.78, 5) is 37.0. The van der Waals surface area contributed by atoms with Crippen molar-refractivity contribution in [2.75, 3.05) is 6.61 Å². The quantitative estimate of drug-likeness (QED) is 0.402. The third kappa shape index (κ3) is 3.59. The minimum Gasteiger partial charge on any atom is -0.491 e. The summed E-state index contributed by atoms with van der Waals surface area (Å²) in [5.74, 6) is -1.16. The van der Waals surface area contributed by atoms with Crippen molar-refractivity contribution in [3.63, 3.8) is 0 Å². The van der Waals surface area contributed by atoms with Crippen LogP contribution in [0.4, 0.5) is 4.79 Å². The Bertz CT molecular complexity index is 590. The number of nitrogens with zero attached hydrogens (tertiary/aromatic N) is 1. The molecule has 2 unspecified atom stereocenters. The molecule has 3 N–H and O–H groups in total. The van der Waals surface area contributed by atoms with E-state index in [1.165, 1.54) is 5.48 Å². The molecule has 0 aromatic heterocycles. The van der Waals surface area contributed by atoms with Crippen molar-refractivity contribution >= 4 is 17.8 Å². The molecule has 1 aliphatic rings. The molecule has 0 spiro atoms. The van der Waals surface area contributed by atoms with Crippen LogP contribution in [0.15, 0.2) is 30.3 Å². The zero-order chi connectivity index (χ0) is 17.0. The van der Waals surface area contributed by atoms with Gasteiger partial charge >= 0.3 is 6.03 Å². The normalized spacial score (nSPS) is 18.8. The number of nitrogens with one attached hydrogen (secondary N) is 2. The third-order valence-electron chi connectivity index (χ3n) is 3.50. The Hall–Kier alpha value is -2.61. The van der Waals surface area contributed by atoms with Crippen LogP contribution < -0.4 is 15.5 Å². The maximum absolute atomic E-state index is 12.4. The van der Waals surface area contributed by atoms with Gasteiger partial charge in [0.05, 0.1) is 0 Å². The highest BCUT2D eigenvalue weighted by molar-refractivity contribution is 6.07. The van der Waals surface area contributed by atoms with E-state index in [1.54, 1.807) is 38.1 Å². The van der Waals surface area contributed by atoms with E-state index in [2.05, 4.69) is 5.32 Å². The number of amides is 4. The van der Waals surface area contributed by atoms with Crippen LogP contribution in [0.1, 0.15) is 13.8 Å². The lowest BCUT2D eigenvalue weighted by atomic mass is 10.0. The predicted molar refractivity (Wildman–Crippen MR) is 79.7 cm³/mol. The van der Waals surface area contributed by atoms with Gasteiger partial charge in [-0.1, -0.05) is 32.0 Å². The van der Waals surface area contributed by atoms with Gasteiger partial charge < -0.3 is 10.1 Å². The van der Waals surface area contributed by atoms with Crippen LogP contribution in [0.2, 0.25) is 0 Å². The van der Waals surface area contributed by atoms with Crippen molar-refractivity contribution in [2.45, 2.75) is 25.9 Å². The standard InChI is InChI=1S/C15H19N3O5/c1-9(2)12(13(19)17-22)18-14(20)11(16-15(18)21)8-23-10-6-4-3-5-7-10/h3-7,9,11-12,22H,8H2,1-2H3,(H,16,21)(H,17,19). The predicted octanol–water partition coefficient (Wildman–Crippen LogP) is 0.516. The number of hydrogen-bond acceptors (Lipinski definition) is 5. The van der Waals surface area contributed by atoms with Gasteiger partial charge in [0.2, 0.25) is 0 Å². The van der Waals surface area contributed by atoms with E-state index < -0.39 is 29.9 Å². The average Bonchev–Trinajstić information content (AvgIpc) is 2.81. The fourth-order valence-electron chi connectivity index (χ4n) is 2.41. The maximum Gasteiger partial charge on any atom is 0.325 e. The first-order valence-corrected chi connectivity index (χ1v) is 7.21. The Labute approximate surface area is 133 Å². The number of imide groups is 1. The molecule has 1 heterocycles. The highest BCUT2D eigenvalue weighted by Crippen LogP contribution is 2.18. The molecule has 8 heteroatoms. The molecular formula is C15H19N3O5. The summed E-state index contributed by atoms with van der Waals surface area (Å²) in [6, 6.07) is 6.22. The molecule has 1 aromatic rings. The number of carbonyl (C=O) groups excluding carboxylic acids is 3. The Balaban J connectivity index is 2.08. The van der Waals surface area contributed by atoms with Crippen molar-refractivity contribution in [3.05, 3.63) is 30.3 Å². The number of urea groups is 1. The van der Waals surface area contributed by atoms with Crippen LogP contribution in [-0.4, -0.2) is 46.6 Å². The maximum atomic E-state index is 12.4. The summed E-state index contributed by atoms with van der Waals surface area (Å²) in [7, 11) is 0. The molecule has 0 aliphatic carbocycles. The van der Waals surface area contributed by atoms with Crippen molar-refractivity contribution in [2.24, 2.45) is 5.92 Å². The van der Waals surface area contributed by atoms with E-state index in [4.69, 9.17) is 9.94 Å². The molecule has 1 saturated heterocycles. The summed E-state index contributed by atoms with van der Waals surface area (Å²) in [6.45, 7) is 3.30. The van der Waals surface area contributed by atoms with Crippen LogP contribution >= 0.6 is 0 Å². The number of carbonyl (C=O) groups is 3. The van der Waals surface area contributed by atoms with E-state index in [1.807, 2.05) is 6.07 Å². The molecule has 2 atom stereocenters. The smallest absolute Gasteiger partial charge is 0.325 e. The van der Waals surface area contributed by atoms with Gasteiger partial charge in [0, 0.05) is 0 Å². The van der Waals surface area contributed by atoms with Gasteiger partial charge in [0.25, 0.3) is 11.8 Å². The Morgan fingerprint density at radius 3 is 2.57 bits per heavy atom. The molecule has 0 bridgehead atoms. The van der Waals surface area contributed by atoms with E-state index in [0.717, 1.165) is 4.90 Å². The summed E-state index contributed by atoms with van der Waals surface area (Å²) < 4.78 is 5.47. The first-order valence-electron chi connectivity index (χ1n) is 7.21. The highest BCUT2D eigenvalue weighted by Gasteiger charge is 2.46.